The monoisotopic (exact) mass is 419 g/mol. The zero-order valence-electron chi connectivity index (χ0n) is 12.8. The number of benzene rings is 2. The minimum absolute atomic E-state index is 0.0117. The van der Waals surface area contributed by atoms with E-state index in [-0.39, 0.29) is 20.6 Å². The lowest BCUT2D eigenvalue weighted by Gasteiger charge is -2.09. The van der Waals surface area contributed by atoms with Crippen LogP contribution in [0.2, 0.25) is 20.1 Å². The Balaban J connectivity index is 1.81. The number of rotatable bonds is 6. The summed E-state index contributed by atoms with van der Waals surface area (Å²) in [5, 5.41) is 3.56. The number of amides is 1. The highest BCUT2D eigenvalue weighted by Crippen LogP contribution is 2.31. The molecular formula is C17H13Cl4NO3. The first-order valence-electron chi connectivity index (χ1n) is 7.20. The van der Waals surface area contributed by atoms with E-state index >= 15 is 0 Å². The number of nitrogens with one attached hydrogen (secondary N) is 1. The van der Waals surface area contributed by atoms with Crippen LogP contribution in [0.3, 0.4) is 0 Å². The van der Waals surface area contributed by atoms with Gasteiger partial charge < -0.3 is 10.1 Å². The summed E-state index contributed by atoms with van der Waals surface area (Å²) >= 11 is 23.5. The van der Waals surface area contributed by atoms with Gasteiger partial charge in [-0.25, -0.2) is 4.79 Å². The number of esters is 1. The summed E-state index contributed by atoms with van der Waals surface area (Å²) in [5.41, 5.74) is 0.962. The SMILES string of the molecule is O=C(COC(=O)c1c(Cl)ccc(Cl)c1Cl)NCCc1ccc(Cl)cc1. The second-order valence-corrected chi connectivity index (χ2v) is 6.65. The van der Waals surface area contributed by atoms with Crippen LogP contribution in [-0.4, -0.2) is 25.0 Å². The Bertz CT molecular complexity index is 778. The topological polar surface area (TPSA) is 55.4 Å². The van der Waals surface area contributed by atoms with Gasteiger partial charge in [-0.2, -0.15) is 0 Å². The fourth-order valence-electron chi connectivity index (χ4n) is 1.97. The van der Waals surface area contributed by atoms with Crippen molar-refractivity contribution in [1.82, 2.24) is 5.32 Å². The largest absolute Gasteiger partial charge is 0.452 e. The molecule has 1 amide bonds. The molecule has 0 aromatic heterocycles. The molecule has 0 atom stereocenters. The Morgan fingerprint density at radius 2 is 1.56 bits per heavy atom. The summed E-state index contributed by atoms with van der Waals surface area (Å²) in [7, 11) is 0. The Morgan fingerprint density at radius 3 is 2.24 bits per heavy atom. The maximum absolute atomic E-state index is 12.0. The van der Waals surface area contributed by atoms with E-state index in [1.54, 1.807) is 12.1 Å². The van der Waals surface area contributed by atoms with Crippen LogP contribution in [0.15, 0.2) is 36.4 Å². The summed E-state index contributed by atoms with van der Waals surface area (Å²) in [4.78, 5) is 23.8. The third kappa shape index (κ3) is 5.79. The highest BCUT2D eigenvalue weighted by molar-refractivity contribution is 6.46. The van der Waals surface area contributed by atoms with Crippen molar-refractivity contribution in [3.8, 4) is 0 Å². The molecule has 0 aliphatic carbocycles. The third-order valence-corrected chi connectivity index (χ3v) is 4.60. The van der Waals surface area contributed by atoms with Gasteiger partial charge in [-0.15, -0.1) is 0 Å². The molecule has 0 bridgehead atoms. The summed E-state index contributed by atoms with van der Waals surface area (Å²) in [5.74, 6) is -1.25. The predicted octanol–water partition coefficient (Wildman–Crippen LogP) is 4.82. The van der Waals surface area contributed by atoms with E-state index in [4.69, 9.17) is 51.1 Å². The van der Waals surface area contributed by atoms with Crippen molar-refractivity contribution in [2.24, 2.45) is 0 Å². The highest BCUT2D eigenvalue weighted by Gasteiger charge is 2.19. The van der Waals surface area contributed by atoms with Crippen LogP contribution in [0.5, 0.6) is 0 Å². The molecule has 0 aliphatic heterocycles. The van der Waals surface area contributed by atoms with Crippen LogP contribution in [-0.2, 0) is 16.0 Å². The van der Waals surface area contributed by atoms with E-state index < -0.39 is 18.5 Å². The van der Waals surface area contributed by atoms with Crippen molar-refractivity contribution in [2.45, 2.75) is 6.42 Å². The molecule has 0 unspecified atom stereocenters. The van der Waals surface area contributed by atoms with Crippen molar-refractivity contribution in [3.63, 3.8) is 0 Å². The summed E-state index contributed by atoms with van der Waals surface area (Å²) < 4.78 is 4.93. The molecule has 1 N–H and O–H groups in total. The van der Waals surface area contributed by atoms with E-state index in [1.165, 1.54) is 12.1 Å². The normalized spacial score (nSPS) is 10.4. The Labute approximate surface area is 165 Å². The van der Waals surface area contributed by atoms with Gasteiger partial charge in [0.05, 0.1) is 20.6 Å². The van der Waals surface area contributed by atoms with Gasteiger partial charge in [0.2, 0.25) is 0 Å². The van der Waals surface area contributed by atoms with Crippen LogP contribution in [0.4, 0.5) is 0 Å². The molecule has 8 heteroatoms. The molecule has 4 nitrogen and oxygen atoms in total. The summed E-state index contributed by atoms with van der Waals surface area (Å²) in [6, 6.07) is 10.2. The Kier molecular flexibility index (Phi) is 7.38. The van der Waals surface area contributed by atoms with Crippen LogP contribution in [0.25, 0.3) is 0 Å². The molecule has 2 aromatic rings. The van der Waals surface area contributed by atoms with Gasteiger partial charge in [-0.3, -0.25) is 4.79 Å². The number of carbonyl (C=O) groups excluding carboxylic acids is 2. The average Bonchev–Trinajstić information content (AvgIpc) is 2.58. The van der Waals surface area contributed by atoms with E-state index in [2.05, 4.69) is 5.32 Å². The maximum Gasteiger partial charge on any atom is 0.341 e. The van der Waals surface area contributed by atoms with Gasteiger partial charge in [0.25, 0.3) is 5.91 Å². The van der Waals surface area contributed by atoms with Gasteiger partial charge in [-0.05, 0) is 36.2 Å². The molecule has 2 rings (SSSR count). The van der Waals surface area contributed by atoms with Crippen molar-refractivity contribution in [1.29, 1.82) is 0 Å². The Hall–Kier alpha value is -1.46. The zero-order valence-corrected chi connectivity index (χ0v) is 15.8. The molecule has 0 heterocycles. The lowest BCUT2D eigenvalue weighted by atomic mass is 10.1. The quantitative estimate of drug-likeness (QED) is 0.538. The standard InChI is InChI=1S/C17H13Cl4NO3/c18-11-3-1-10(2-4-11)7-8-22-14(23)9-25-17(24)15-12(19)5-6-13(20)16(15)21/h1-6H,7-9H2,(H,22,23). The number of hydrogen-bond acceptors (Lipinski definition) is 3. The number of halogens is 4. The third-order valence-electron chi connectivity index (χ3n) is 3.23. The molecule has 25 heavy (non-hydrogen) atoms. The smallest absolute Gasteiger partial charge is 0.341 e. The lowest BCUT2D eigenvalue weighted by Crippen LogP contribution is -2.30. The fraction of sp³-hybridized carbons (Fsp3) is 0.176. The molecule has 2 aromatic carbocycles. The number of ether oxygens (including phenoxy) is 1. The minimum Gasteiger partial charge on any atom is -0.452 e. The van der Waals surface area contributed by atoms with Crippen LogP contribution < -0.4 is 5.32 Å². The van der Waals surface area contributed by atoms with E-state index in [1.807, 2.05) is 12.1 Å². The molecule has 0 fully saturated rings. The maximum atomic E-state index is 12.0. The molecule has 132 valence electrons. The first-order valence-corrected chi connectivity index (χ1v) is 8.71. The fourth-order valence-corrected chi connectivity index (χ4v) is 2.77. The van der Waals surface area contributed by atoms with Crippen molar-refractivity contribution in [2.75, 3.05) is 13.2 Å². The second kappa shape index (κ2) is 9.30. The van der Waals surface area contributed by atoms with Crippen molar-refractivity contribution < 1.29 is 14.3 Å². The molecular weight excluding hydrogens is 408 g/mol. The number of hydrogen-bond donors (Lipinski definition) is 1. The average molecular weight is 421 g/mol. The second-order valence-electron chi connectivity index (χ2n) is 5.02. The summed E-state index contributed by atoms with van der Waals surface area (Å²) in [6.07, 6.45) is 0.628. The van der Waals surface area contributed by atoms with Gasteiger partial charge >= 0.3 is 5.97 Å². The van der Waals surface area contributed by atoms with Gasteiger partial charge in [0.15, 0.2) is 6.61 Å². The van der Waals surface area contributed by atoms with Gasteiger partial charge in [-0.1, -0.05) is 58.5 Å². The lowest BCUT2D eigenvalue weighted by molar-refractivity contribution is -0.124. The van der Waals surface area contributed by atoms with E-state index in [0.29, 0.717) is 18.0 Å². The summed E-state index contributed by atoms with van der Waals surface area (Å²) in [6.45, 7) is -0.0463. The van der Waals surface area contributed by atoms with E-state index in [9.17, 15) is 9.59 Å². The van der Waals surface area contributed by atoms with Crippen LogP contribution >= 0.6 is 46.4 Å². The molecule has 0 spiro atoms. The van der Waals surface area contributed by atoms with Crippen LogP contribution in [0, 0.1) is 0 Å². The molecule has 0 radical (unpaired) electrons. The first kappa shape index (κ1) is 19.9. The van der Waals surface area contributed by atoms with Gasteiger partial charge in [0.1, 0.15) is 0 Å². The molecule has 0 saturated heterocycles. The first-order chi connectivity index (χ1) is 11.9. The Morgan fingerprint density at radius 1 is 0.920 bits per heavy atom. The van der Waals surface area contributed by atoms with E-state index in [0.717, 1.165) is 5.56 Å². The zero-order chi connectivity index (χ0) is 18.4. The minimum atomic E-state index is -0.814. The predicted molar refractivity (Wildman–Crippen MR) is 99.9 cm³/mol. The van der Waals surface area contributed by atoms with Gasteiger partial charge in [0, 0.05) is 11.6 Å². The van der Waals surface area contributed by atoms with Crippen molar-refractivity contribution in [3.05, 3.63) is 67.6 Å². The molecule has 0 aliphatic rings. The number of carbonyl (C=O) groups is 2. The van der Waals surface area contributed by atoms with Crippen molar-refractivity contribution >= 4 is 58.3 Å². The highest BCUT2D eigenvalue weighted by atomic mass is 35.5. The molecule has 0 saturated carbocycles. The van der Waals surface area contributed by atoms with Crippen LogP contribution in [0.1, 0.15) is 15.9 Å².